The Morgan fingerprint density at radius 3 is 2.00 bits per heavy atom. The molecule has 1 atom stereocenters. The second-order valence-corrected chi connectivity index (χ2v) is 12.5. The minimum atomic E-state index is -4.09. The van der Waals surface area contributed by atoms with Crippen molar-refractivity contribution >= 4 is 27.5 Å². The summed E-state index contributed by atoms with van der Waals surface area (Å²) in [6, 6.07) is 20.7. The SMILES string of the molecule is CCc1ccccc1N(CC(=O)N(Cc1ccc(C)cc1)[C@H](C)C(=O)NCC(C)C)S(=O)(=O)c1ccc(C)cc1. The van der Waals surface area contributed by atoms with Gasteiger partial charge >= 0.3 is 0 Å². The summed E-state index contributed by atoms with van der Waals surface area (Å²) in [5.74, 6) is -0.497. The van der Waals surface area contributed by atoms with E-state index in [0.29, 0.717) is 18.7 Å². The number of para-hydroxylation sites is 1. The Bertz CT molecular complexity index is 1400. The van der Waals surface area contributed by atoms with Crippen LogP contribution in [0.5, 0.6) is 0 Å². The Kier molecular flexibility index (Phi) is 10.5. The molecule has 7 nitrogen and oxygen atoms in total. The number of benzene rings is 3. The van der Waals surface area contributed by atoms with Crippen LogP contribution in [-0.4, -0.2) is 44.3 Å². The Hall–Kier alpha value is -3.65. The second-order valence-electron chi connectivity index (χ2n) is 10.6. The van der Waals surface area contributed by atoms with Crippen LogP contribution in [0.15, 0.2) is 77.7 Å². The number of anilines is 1. The third-order valence-electron chi connectivity index (χ3n) is 6.85. The molecule has 0 aliphatic carbocycles. The highest BCUT2D eigenvalue weighted by molar-refractivity contribution is 7.92. The number of nitrogens with one attached hydrogen (secondary N) is 1. The zero-order valence-electron chi connectivity index (χ0n) is 24.3. The summed E-state index contributed by atoms with van der Waals surface area (Å²) in [6.45, 7) is 11.7. The molecule has 0 aliphatic rings. The quantitative estimate of drug-likeness (QED) is 0.326. The summed E-state index contributed by atoms with van der Waals surface area (Å²) in [4.78, 5) is 28.7. The van der Waals surface area contributed by atoms with Crippen LogP contribution in [0.2, 0.25) is 0 Å². The van der Waals surface area contributed by atoms with Crippen LogP contribution in [0, 0.1) is 19.8 Å². The maximum Gasteiger partial charge on any atom is 0.264 e. The molecule has 1 N–H and O–H groups in total. The normalized spacial score (nSPS) is 12.2. The van der Waals surface area contributed by atoms with E-state index in [1.54, 1.807) is 43.3 Å². The molecule has 0 radical (unpaired) electrons. The minimum absolute atomic E-state index is 0.101. The van der Waals surface area contributed by atoms with Gasteiger partial charge in [0, 0.05) is 13.1 Å². The fraction of sp³-hybridized carbons (Fsp3) is 0.375. The standard InChI is InChI=1S/C32H41N3O4S/c1-7-28-10-8-9-11-30(28)35(40(38,39)29-18-14-25(5)15-19-29)22-31(36)34(21-27-16-12-24(4)13-17-27)26(6)32(37)33-20-23(2)3/h8-19,23,26H,7,20-22H2,1-6H3,(H,33,37)/t26-/m1/s1. The van der Waals surface area contributed by atoms with Crippen LogP contribution < -0.4 is 9.62 Å². The van der Waals surface area contributed by atoms with Crippen molar-refractivity contribution in [3.05, 3.63) is 95.1 Å². The maximum atomic E-state index is 14.1. The molecular formula is C32H41N3O4S. The van der Waals surface area contributed by atoms with Crippen molar-refractivity contribution in [2.45, 2.75) is 65.4 Å². The molecule has 0 unspecified atom stereocenters. The number of rotatable bonds is 12. The molecule has 0 fully saturated rings. The molecule has 8 heteroatoms. The predicted octanol–water partition coefficient (Wildman–Crippen LogP) is 5.25. The fourth-order valence-corrected chi connectivity index (χ4v) is 5.78. The maximum absolute atomic E-state index is 14.1. The summed E-state index contributed by atoms with van der Waals surface area (Å²) in [5.41, 5.74) is 4.12. The molecule has 214 valence electrons. The third kappa shape index (κ3) is 7.72. The average molecular weight is 564 g/mol. The van der Waals surface area contributed by atoms with E-state index in [-0.39, 0.29) is 23.3 Å². The van der Waals surface area contributed by atoms with E-state index in [1.807, 2.05) is 71.0 Å². The molecule has 0 spiro atoms. The van der Waals surface area contributed by atoms with Crippen LogP contribution in [0.1, 0.15) is 49.9 Å². The van der Waals surface area contributed by atoms with Gasteiger partial charge in [-0.25, -0.2) is 8.42 Å². The number of hydrogen-bond donors (Lipinski definition) is 1. The molecule has 0 saturated carbocycles. The van der Waals surface area contributed by atoms with E-state index >= 15 is 0 Å². The summed E-state index contributed by atoms with van der Waals surface area (Å²) in [6.07, 6.45) is 0.589. The first-order valence-corrected chi connectivity index (χ1v) is 15.2. The zero-order valence-corrected chi connectivity index (χ0v) is 25.2. The molecule has 3 rings (SSSR count). The van der Waals surface area contributed by atoms with Crippen molar-refractivity contribution < 1.29 is 18.0 Å². The van der Waals surface area contributed by atoms with Gasteiger partial charge in [-0.2, -0.15) is 0 Å². The average Bonchev–Trinajstić information content (AvgIpc) is 2.93. The topological polar surface area (TPSA) is 86.8 Å². The van der Waals surface area contributed by atoms with Gasteiger partial charge < -0.3 is 10.2 Å². The van der Waals surface area contributed by atoms with Crippen molar-refractivity contribution in [1.82, 2.24) is 10.2 Å². The number of carbonyl (C=O) groups excluding carboxylic acids is 2. The van der Waals surface area contributed by atoms with Crippen LogP contribution >= 0.6 is 0 Å². The summed E-state index contributed by atoms with van der Waals surface area (Å²) in [5, 5.41) is 2.91. The lowest BCUT2D eigenvalue weighted by molar-refractivity contribution is -0.139. The molecule has 0 bridgehead atoms. The number of sulfonamides is 1. The van der Waals surface area contributed by atoms with Gasteiger partial charge in [-0.3, -0.25) is 13.9 Å². The van der Waals surface area contributed by atoms with E-state index < -0.39 is 28.5 Å². The van der Waals surface area contributed by atoms with Crippen LogP contribution in [0.25, 0.3) is 0 Å². The molecular weight excluding hydrogens is 522 g/mol. The summed E-state index contributed by atoms with van der Waals surface area (Å²) in [7, 11) is -4.09. The van der Waals surface area contributed by atoms with Crippen LogP contribution in [0.3, 0.4) is 0 Å². The first kappa shape index (κ1) is 30.9. The third-order valence-corrected chi connectivity index (χ3v) is 8.63. The van der Waals surface area contributed by atoms with Gasteiger partial charge in [0.25, 0.3) is 10.0 Å². The minimum Gasteiger partial charge on any atom is -0.354 e. The van der Waals surface area contributed by atoms with Gasteiger partial charge in [-0.15, -0.1) is 0 Å². The molecule has 3 aromatic rings. The molecule has 0 heterocycles. The first-order chi connectivity index (χ1) is 18.9. The number of amides is 2. The van der Waals surface area contributed by atoms with Crippen molar-refractivity contribution in [3.8, 4) is 0 Å². The molecule has 40 heavy (non-hydrogen) atoms. The monoisotopic (exact) mass is 563 g/mol. The van der Waals surface area contributed by atoms with Crippen molar-refractivity contribution in [2.24, 2.45) is 5.92 Å². The highest BCUT2D eigenvalue weighted by atomic mass is 32.2. The fourth-order valence-electron chi connectivity index (χ4n) is 4.33. The molecule has 0 aliphatic heterocycles. The van der Waals surface area contributed by atoms with E-state index in [2.05, 4.69) is 5.32 Å². The van der Waals surface area contributed by atoms with Gasteiger partial charge in [-0.05, 0) is 62.4 Å². The molecule has 0 saturated heterocycles. The Morgan fingerprint density at radius 1 is 0.850 bits per heavy atom. The Morgan fingerprint density at radius 2 is 1.43 bits per heavy atom. The number of hydrogen-bond acceptors (Lipinski definition) is 4. The Labute approximate surface area is 239 Å². The van der Waals surface area contributed by atoms with E-state index in [0.717, 1.165) is 22.3 Å². The first-order valence-electron chi connectivity index (χ1n) is 13.7. The number of carbonyl (C=O) groups is 2. The van der Waals surface area contributed by atoms with Gasteiger partial charge in [0.2, 0.25) is 11.8 Å². The lowest BCUT2D eigenvalue weighted by Crippen LogP contribution is -2.51. The molecule has 0 aromatic heterocycles. The molecule has 2 amide bonds. The largest absolute Gasteiger partial charge is 0.354 e. The Balaban J connectivity index is 2.04. The van der Waals surface area contributed by atoms with Crippen LogP contribution in [0.4, 0.5) is 5.69 Å². The summed E-state index contributed by atoms with van der Waals surface area (Å²) < 4.78 is 29.2. The van der Waals surface area contributed by atoms with E-state index in [4.69, 9.17) is 0 Å². The highest BCUT2D eigenvalue weighted by Crippen LogP contribution is 2.28. The van der Waals surface area contributed by atoms with Gasteiger partial charge in [0.1, 0.15) is 12.6 Å². The van der Waals surface area contributed by atoms with E-state index in [9.17, 15) is 18.0 Å². The lowest BCUT2D eigenvalue weighted by Gasteiger charge is -2.32. The number of nitrogens with zero attached hydrogens (tertiary/aromatic N) is 2. The lowest BCUT2D eigenvalue weighted by atomic mass is 10.1. The van der Waals surface area contributed by atoms with Crippen molar-refractivity contribution in [3.63, 3.8) is 0 Å². The van der Waals surface area contributed by atoms with Gasteiger partial charge in [0.15, 0.2) is 0 Å². The van der Waals surface area contributed by atoms with Gasteiger partial charge in [0.05, 0.1) is 10.6 Å². The van der Waals surface area contributed by atoms with E-state index in [1.165, 1.54) is 9.21 Å². The van der Waals surface area contributed by atoms with Gasteiger partial charge in [-0.1, -0.05) is 86.5 Å². The zero-order chi connectivity index (χ0) is 29.4. The summed E-state index contributed by atoms with van der Waals surface area (Å²) >= 11 is 0. The van der Waals surface area contributed by atoms with Crippen molar-refractivity contribution in [1.29, 1.82) is 0 Å². The highest BCUT2D eigenvalue weighted by Gasteiger charge is 2.33. The molecule has 3 aromatic carbocycles. The second kappa shape index (κ2) is 13.6. The van der Waals surface area contributed by atoms with Crippen molar-refractivity contribution in [2.75, 3.05) is 17.4 Å². The van der Waals surface area contributed by atoms with Crippen LogP contribution in [-0.2, 0) is 32.6 Å². The number of aryl methyl sites for hydroxylation is 3. The predicted molar refractivity (Wildman–Crippen MR) is 161 cm³/mol. The smallest absolute Gasteiger partial charge is 0.264 e.